The number of hydrogen-bond donors (Lipinski definition) is 0. The summed E-state index contributed by atoms with van der Waals surface area (Å²) in [6, 6.07) is 5.10. The van der Waals surface area contributed by atoms with Crippen molar-refractivity contribution in [1.29, 1.82) is 0 Å². The van der Waals surface area contributed by atoms with E-state index in [0.717, 1.165) is 15.7 Å². The molecule has 0 aromatic heterocycles. The molecule has 0 aliphatic rings. The van der Waals surface area contributed by atoms with Crippen LogP contribution in [0.5, 0.6) is 0 Å². The third-order valence-corrected chi connectivity index (χ3v) is 5.91. The molecule has 0 aliphatic carbocycles. The van der Waals surface area contributed by atoms with Gasteiger partial charge in [-0.1, -0.05) is 77.6 Å². The second kappa shape index (κ2) is 15.6. The van der Waals surface area contributed by atoms with E-state index in [4.69, 9.17) is 0 Å². The van der Waals surface area contributed by atoms with Crippen molar-refractivity contribution in [3.05, 3.63) is 27.8 Å². The summed E-state index contributed by atoms with van der Waals surface area (Å²) in [7, 11) is 0. The lowest BCUT2D eigenvalue weighted by Crippen LogP contribution is -2.50. The molecule has 0 saturated carbocycles. The van der Waals surface area contributed by atoms with E-state index in [1.165, 1.54) is 94.2 Å². The van der Waals surface area contributed by atoms with Crippen LogP contribution in [0.4, 0.5) is 12.9 Å². The Hall–Kier alpha value is -0.235. The Morgan fingerprint density at radius 1 is 0.679 bits per heavy atom. The van der Waals surface area contributed by atoms with Gasteiger partial charge in [0.05, 0.1) is 26.2 Å². The highest BCUT2D eigenvalue weighted by Crippen LogP contribution is 2.16. The molecule has 0 saturated heterocycles. The van der Waals surface area contributed by atoms with Crippen molar-refractivity contribution in [3.8, 4) is 0 Å². The third-order valence-electron chi connectivity index (χ3n) is 5.19. The third kappa shape index (κ3) is 12.4. The molecule has 0 aliphatic heterocycles. The molecule has 0 fully saturated rings. The highest BCUT2D eigenvalue weighted by Gasteiger charge is 2.25. The Balaban J connectivity index is 0.000000567. The van der Waals surface area contributed by atoms with E-state index in [-0.39, 0.29) is 0 Å². The number of unbranched alkanes of at least 4 members (excludes halogenated alkanes) is 4. The summed E-state index contributed by atoms with van der Waals surface area (Å²) in [5, 5.41) is 0. The standard InChI is InChI=1S/C16H36N.C6H4BF3I/c1-5-9-13-17(14-10-6-2,15-11-7-3)16-12-8-4;8-7(9,10)5-1-3-6(11)4-2-5/h5-16H2,1-4H3;1-4H/q+1;-1. The van der Waals surface area contributed by atoms with Gasteiger partial charge in [0.2, 0.25) is 0 Å². The summed E-state index contributed by atoms with van der Waals surface area (Å²) in [4.78, 5) is 0. The van der Waals surface area contributed by atoms with E-state index in [9.17, 15) is 12.9 Å². The SMILES string of the molecule is CCCC[N+](CCCC)(CCCC)CCCC.F[B-](F)(F)c1ccc(I)cc1. The zero-order valence-corrected chi connectivity index (χ0v) is 20.5. The molecular weight excluding hydrogens is 473 g/mol. The highest BCUT2D eigenvalue weighted by atomic mass is 127. The number of quaternary nitrogens is 1. The smallest absolute Gasteiger partial charge is 0.445 e. The number of nitrogens with zero attached hydrogens (tertiary/aromatic N) is 1. The quantitative estimate of drug-likeness (QED) is 0.147. The molecule has 0 atom stereocenters. The first kappa shape index (κ1) is 27.8. The second-order valence-corrected chi connectivity index (χ2v) is 9.02. The van der Waals surface area contributed by atoms with Crippen LogP contribution in [-0.2, 0) is 0 Å². The van der Waals surface area contributed by atoms with Gasteiger partial charge in [0.1, 0.15) is 0 Å². The van der Waals surface area contributed by atoms with Gasteiger partial charge >= 0.3 is 6.98 Å². The first-order valence-corrected chi connectivity index (χ1v) is 12.1. The molecule has 164 valence electrons. The molecule has 1 aromatic carbocycles. The molecule has 28 heavy (non-hydrogen) atoms. The highest BCUT2D eigenvalue weighted by molar-refractivity contribution is 14.1. The van der Waals surface area contributed by atoms with Crippen LogP contribution in [-0.4, -0.2) is 37.6 Å². The summed E-state index contributed by atoms with van der Waals surface area (Å²) in [6.45, 7) is 10.2. The van der Waals surface area contributed by atoms with E-state index in [2.05, 4.69) is 27.7 Å². The van der Waals surface area contributed by atoms with Gasteiger partial charge in [-0.3, -0.25) is 0 Å². The van der Waals surface area contributed by atoms with E-state index in [1.807, 2.05) is 22.6 Å². The molecule has 1 nitrogen and oxygen atoms in total. The van der Waals surface area contributed by atoms with Crippen LogP contribution in [0, 0.1) is 3.57 Å². The van der Waals surface area contributed by atoms with Gasteiger partial charge in [0.15, 0.2) is 0 Å². The zero-order valence-electron chi connectivity index (χ0n) is 18.3. The van der Waals surface area contributed by atoms with Crippen molar-refractivity contribution in [2.75, 3.05) is 26.2 Å². The van der Waals surface area contributed by atoms with Crippen molar-refractivity contribution in [1.82, 2.24) is 0 Å². The first-order chi connectivity index (χ1) is 13.2. The average Bonchev–Trinajstić information content (AvgIpc) is 2.67. The number of benzene rings is 1. The molecule has 0 spiro atoms. The van der Waals surface area contributed by atoms with E-state index >= 15 is 0 Å². The summed E-state index contributed by atoms with van der Waals surface area (Å²) in [6.07, 6.45) is 11.1. The minimum atomic E-state index is -4.82. The maximum Gasteiger partial charge on any atom is 0.509 e. The summed E-state index contributed by atoms with van der Waals surface area (Å²) < 4.78 is 38.2. The lowest BCUT2D eigenvalue weighted by molar-refractivity contribution is -0.929. The molecule has 0 heterocycles. The van der Waals surface area contributed by atoms with E-state index in [1.54, 1.807) is 0 Å². The van der Waals surface area contributed by atoms with Crippen LogP contribution in [0.3, 0.4) is 0 Å². The fraction of sp³-hybridized carbons (Fsp3) is 0.727. The van der Waals surface area contributed by atoms with Gasteiger partial charge < -0.3 is 17.4 Å². The first-order valence-electron chi connectivity index (χ1n) is 11.0. The van der Waals surface area contributed by atoms with Gasteiger partial charge in [0, 0.05) is 3.57 Å². The van der Waals surface area contributed by atoms with E-state index < -0.39 is 12.4 Å². The van der Waals surface area contributed by atoms with Crippen molar-refractivity contribution in [3.63, 3.8) is 0 Å². The Labute approximate surface area is 185 Å². The molecular formula is C22H40BF3IN. The largest absolute Gasteiger partial charge is 0.509 e. The van der Waals surface area contributed by atoms with Crippen LogP contribution < -0.4 is 5.46 Å². The summed E-state index contributed by atoms with van der Waals surface area (Å²) in [5.41, 5.74) is -0.537. The lowest BCUT2D eigenvalue weighted by atomic mass is 9.80. The molecule has 6 heteroatoms. The van der Waals surface area contributed by atoms with Crippen molar-refractivity contribution >= 4 is 35.0 Å². The molecule has 1 aromatic rings. The number of rotatable bonds is 13. The van der Waals surface area contributed by atoms with Gasteiger partial charge in [-0.15, -0.1) is 5.46 Å². The predicted molar refractivity (Wildman–Crippen MR) is 127 cm³/mol. The van der Waals surface area contributed by atoms with Crippen molar-refractivity contribution < 1.29 is 17.4 Å². The number of halogens is 4. The summed E-state index contributed by atoms with van der Waals surface area (Å²) >= 11 is 1.96. The average molecular weight is 513 g/mol. The molecule has 0 radical (unpaired) electrons. The molecule has 0 unspecified atom stereocenters. The van der Waals surface area contributed by atoms with Crippen LogP contribution in [0.25, 0.3) is 0 Å². The maximum atomic E-state index is 12.0. The van der Waals surface area contributed by atoms with E-state index in [0.29, 0.717) is 0 Å². The monoisotopic (exact) mass is 513 g/mol. The summed E-state index contributed by atoms with van der Waals surface area (Å²) in [5.74, 6) is 0. The van der Waals surface area contributed by atoms with Crippen LogP contribution in [0.1, 0.15) is 79.1 Å². The predicted octanol–water partition coefficient (Wildman–Crippen LogP) is 7.35. The fourth-order valence-corrected chi connectivity index (χ4v) is 3.69. The van der Waals surface area contributed by atoms with Gasteiger partial charge in [-0.25, -0.2) is 0 Å². The maximum absolute atomic E-state index is 12.0. The lowest BCUT2D eigenvalue weighted by Gasteiger charge is -2.39. The normalized spacial score (nSPS) is 11.9. The van der Waals surface area contributed by atoms with Gasteiger partial charge in [0.25, 0.3) is 0 Å². The molecule has 1 rings (SSSR count). The molecule has 0 amide bonds. The zero-order chi connectivity index (χ0) is 21.5. The molecule has 0 N–H and O–H groups in total. The minimum Gasteiger partial charge on any atom is -0.445 e. The van der Waals surface area contributed by atoms with Crippen molar-refractivity contribution in [2.24, 2.45) is 0 Å². The van der Waals surface area contributed by atoms with Crippen LogP contribution in [0.2, 0.25) is 0 Å². The van der Waals surface area contributed by atoms with Crippen LogP contribution >= 0.6 is 22.6 Å². The van der Waals surface area contributed by atoms with Gasteiger partial charge in [-0.05, 0) is 48.3 Å². The van der Waals surface area contributed by atoms with Crippen LogP contribution in [0.15, 0.2) is 24.3 Å². The Morgan fingerprint density at radius 2 is 1.00 bits per heavy atom. The molecule has 0 bridgehead atoms. The number of hydrogen-bond acceptors (Lipinski definition) is 0. The minimum absolute atomic E-state index is 0.537. The Bertz CT molecular complexity index is 454. The Kier molecular flexibility index (Phi) is 15.5. The topological polar surface area (TPSA) is 0 Å². The van der Waals surface area contributed by atoms with Gasteiger partial charge in [-0.2, -0.15) is 0 Å². The second-order valence-electron chi connectivity index (χ2n) is 7.78. The Morgan fingerprint density at radius 3 is 1.25 bits per heavy atom. The fourth-order valence-electron chi connectivity index (χ4n) is 3.33. The van der Waals surface area contributed by atoms with Crippen molar-refractivity contribution in [2.45, 2.75) is 79.1 Å².